The minimum absolute atomic E-state index is 0.155. The van der Waals surface area contributed by atoms with Crippen LogP contribution in [0.3, 0.4) is 0 Å². The lowest BCUT2D eigenvalue weighted by atomic mass is 10.0. The molecule has 1 aliphatic rings. The number of benzene rings is 1. The van der Waals surface area contributed by atoms with Crippen molar-refractivity contribution in [2.75, 3.05) is 0 Å². The number of phenolic OH excluding ortho intramolecular Hbond substituents is 1. The predicted octanol–water partition coefficient (Wildman–Crippen LogP) is 3.29. The van der Waals surface area contributed by atoms with E-state index in [-0.39, 0.29) is 12.1 Å². The molecular formula is C17H24N4O. The highest BCUT2D eigenvalue weighted by Gasteiger charge is 2.26. The van der Waals surface area contributed by atoms with E-state index < -0.39 is 0 Å². The molecule has 0 spiro atoms. The smallest absolute Gasteiger partial charge is 0.153 e. The van der Waals surface area contributed by atoms with Crippen LogP contribution in [-0.4, -0.2) is 19.9 Å². The fraction of sp³-hybridized carbons (Fsp3) is 0.529. The summed E-state index contributed by atoms with van der Waals surface area (Å²) in [5.41, 5.74) is 1.08. The molecule has 1 aromatic carbocycles. The number of nitrogens with one attached hydrogen (secondary N) is 1. The summed E-state index contributed by atoms with van der Waals surface area (Å²) >= 11 is 0. The fourth-order valence-electron chi connectivity index (χ4n) is 2.96. The average molecular weight is 300 g/mol. The number of aromatic nitrogens is 3. The van der Waals surface area contributed by atoms with Crippen molar-refractivity contribution in [3.63, 3.8) is 0 Å². The topological polar surface area (TPSA) is 63.0 Å². The van der Waals surface area contributed by atoms with Crippen LogP contribution in [0.15, 0.2) is 24.3 Å². The number of nitrogens with zero attached hydrogens (tertiary/aromatic N) is 3. The van der Waals surface area contributed by atoms with Gasteiger partial charge in [0.05, 0.1) is 6.04 Å². The van der Waals surface area contributed by atoms with Crippen molar-refractivity contribution in [1.29, 1.82) is 0 Å². The van der Waals surface area contributed by atoms with Gasteiger partial charge in [0.2, 0.25) is 0 Å². The van der Waals surface area contributed by atoms with Crippen LogP contribution >= 0.6 is 0 Å². The minimum atomic E-state index is 0.155. The van der Waals surface area contributed by atoms with Crippen molar-refractivity contribution < 1.29 is 5.11 Å². The Balaban J connectivity index is 1.79. The highest BCUT2D eigenvalue weighted by atomic mass is 16.3. The highest BCUT2D eigenvalue weighted by Crippen LogP contribution is 2.28. The zero-order chi connectivity index (χ0) is 15.7. The number of rotatable bonds is 4. The minimum Gasteiger partial charge on any atom is -0.508 e. The molecule has 118 valence electrons. The molecule has 2 N–H and O–H groups in total. The molecule has 0 bridgehead atoms. The van der Waals surface area contributed by atoms with Crippen LogP contribution in [0, 0.1) is 0 Å². The Kier molecular flexibility index (Phi) is 4.16. The second kappa shape index (κ2) is 6.08. The Morgan fingerprint density at radius 2 is 2.14 bits per heavy atom. The molecule has 1 aliphatic heterocycles. The van der Waals surface area contributed by atoms with Gasteiger partial charge in [-0.2, -0.15) is 5.10 Å². The van der Waals surface area contributed by atoms with Gasteiger partial charge in [0, 0.05) is 18.5 Å². The quantitative estimate of drug-likeness (QED) is 0.909. The van der Waals surface area contributed by atoms with Crippen molar-refractivity contribution in [1.82, 2.24) is 20.1 Å². The van der Waals surface area contributed by atoms with Crippen LogP contribution in [0.2, 0.25) is 0 Å². The molecule has 2 unspecified atom stereocenters. The summed E-state index contributed by atoms with van der Waals surface area (Å²) < 4.78 is 2.05. The molecule has 2 aromatic rings. The first-order chi connectivity index (χ1) is 10.5. The maximum Gasteiger partial charge on any atom is 0.153 e. The normalized spacial score (nSPS) is 19.2. The van der Waals surface area contributed by atoms with Crippen LogP contribution in [0.25, 0.3) is 0 Å². The van der Waals surface area contributed by atoms with Gasteiger partial charge in [0.25, 0.3) is 0 Å². The zero-order valence-electron chi connectivity index (χ0n) is 13.5. The Labute approximate surface area is 131 Å². The molecule has 5 heteroatoms. The largest absolute Gasteiger partial charge is 0.508 e. The van der Waals surface area contributed by atoms with Gasteiger partial charge in [-0.15, -0.1) is 0 Å². The first-order valence-corrected chi connectivity index (χ1v) is 8.04. The van der Waals surface area contributed by atoms with E-state index in [2.05, 4.69) is 31.2 Å². The SMILES string of the molecule is CC(C)c1nc2n(n1)CCCC2NC(C)c1cccc(O)c1. The fourth-order valence-corrected chi connectivity index (χ4v) is 2.96. The molecule has 0 saturated heterocycles. The van der Waals surface area contributed by atoms with Gasteiger partial charge < -0.3 is 10.4 Å². The second-order valence-electron chi connectivity index (χ2n) is 6.38. The molecule has 0 amide bonds. The third-order valence-electron chi connectivity index (χ3n) is 4.23. The van der Waals surface area contributed by atoms with Crippen LogP contribution in [0.5, 0.6) is 5.75 Å². The molecule has 2 atom stereocenters. The summed E-state index contributed by atoms with van der Waals surface area (Å²) in [6, 6.07) is 7.79. The standard InChI is InChI=1S/C17H24N4O/c1-11(2)16-19-17-15(8-5-9-21(17)20-16)18-12(3)13-6-4-7-14(22)10-13/h4,6-7,10-12,15,18,22H,5,8-9H2,1-3H3. The average Bonchev–Trinajstić information content (AvgIpc) is 2.92. The lowest BCUT2D eigenvalue weighted by Gasteiger charge is -2.26. The molecule has 2 heterocycles. The van der Waals surface area contributed by atoms with E-state index in [0.29, 0.717) is 11.7 Å². The number of aromatic hydroxyl groups is 1. The van der Waals surface area contributed by atoms with E-state index in [0.717, 1.165) is 36.6 Å². The van der Waals surface area contributed by atoms with Gasteiger partial charge in [0.1, 0.15) is 11.6 Å². The Hall–Kier alpha value is -1.88. The van der Waals surface area contributed by atoms with E-state index in [1.807, 2.05) is 22.9 Å². The lowest BCUT2D eigenvalue weighted by molar-refractivity contribution is 0.343. The van der Waals surface area contributed by atoms with Crippen molar-refractivity contribution in [2.24, 2.45) is 0 Å². The van der Waals surface area contributed by atoms with E-state index in [1.54, 1.807) is 6.07 Å². The lowest BCUT2D eigenvalue weighted by Crippen LogP contribution is -2.30. The Bertz CT molecular complexity index is 650. The predicted molar refractivity (Wildman–Crippen MR) is 85.7 cm³/mol. The molecule has 0 saturated carbocycles. The maximum atomic E-state index is 9.64. The number of fused-ring (bicyclic) bond motifs is 1. The summed E-state index contributed by atoms with van der Waals surface area (Å²) in [6.45, 7) is 7.32. The third-order valence-corrected chi connectivity index (χ3v) is 4.23. The van der Waals surface area contributed by atoms with Gasteiger partial charge in [0.15, 0.2) is 5.82 Å². The number of hydrogen-bond donors (Lipinski definition) is 2. The number of aryl methyl sites for hydroxylation is 1. The molecule has 3 rings (SSSR count). The first-order valence-electron chi connectivity index (χ1n) is 8.04. The Morgan fingerprint density at radius 3 is 2.86 bits per heavy atom. The molecule has 22 heavy (non-hydrogen) atoms. The molecule has 0 fully saturated rings. The van der Waals surface area contributed by atoms with Gasteiger partial charge in [-0.3, -0.25) is 0 Å². The molecule has 0 aliphatic carbocycles. The second-order valence-corrected chi connectivity index (χ2v) is 6.38. The summed E-state index contributed by atoms with van der Waals surface area (Å²) in [5, 5.41) is 17.9. The van der Waals surface area contributed by atoms with Crippen LogP contribution in [0.1, 0.15) is 68.8 Å². The van der Waals surface area contributed by atoms with E-state index >= 15 is 0 Å². The Morgan fingerprint density at radius 1 is 1.32 bits per heavy atom. The first kappa shape index (κ1) is 15.0. The van der Waals surface area contributed by atoms with Crippen LogP contribution < -0.4 is 5.32 Å². The van der Waals surface area contributed by atoms with Crippen LogP contribution in [0.4, 0.5) is 0 Å². The highest BCUT2D eigenvalue weighted by molar-refractivity contribution is 5.29. The summed E-state index contributed by atoms with van der Waals surface area (Å²) in [5.74, 6) is 2.62. The molecule has 0 radical (unpaired) electrons. The number of phenols is 1. The van der Waals surface area contributed by atoms with Crippen molar-refractivity contribution in [2.45, 2.75) is 58.2 Å². The van der Waals surface area contributed by atoms with E-state index in [9.17, 15) is 5.11 Å². The summed E-state index contributed by atoms with van der Waals surface area (Å²) in [6.07, 6.45) is 2.18. The van der Waals surface area contributed by atoms with E-state index in [1.165, 1.54) is 0 Å². The molecular weight excluding hydrogens is 276 g/mol. The molecule has 1 aromatic heterocycles. The van der Waals surface area contributed by atoms with Crippen molar-refractivity contribution >= 4 is 0 Å². The monoisotopic (exact) mass is 300 g/mol. The van der Waals surface area contributed by atoms with Crippen molar-refractivity contribution in [3.05, 3.63) is 41.5 Å². The molecule has 5 nitrogen and oxygen atoms in total. The van der Waals surface area contributed by atoms with Crippen molar-refractivity contribution in [3.8, 4) is 5.75 Å². The van der Waals surface area contributed by atoms with Gasteiger partial charge in [-0.1, -0.05) is 26.0 Å². The maximum absolute atomic E-state index is 9.64. The van der Waals surface area contributed by atoms with Gasteiger partial charge in [-0.25, -0.2) is 9.67 Å². The summed E-state index contributed by atoms with van der Waals surface area (Å²) in [4.78, 5) is 4.74. The third kappa shape index (κ3) is 2.99. The van der Waals surface area contributed by atoms with Crippen LogP contribution in [-0.2, 0) is 6.54 Å². The van der Waals surface area contributed by atoms with Gasteiger partial charge >= 0.3 is 0 Å². The zero-order valence-corrected chi connectivity index (χ0v) is 13.5. The van der Waals surface area contributed by atoms with Gasteiger partial charge in [-0.05, 0) is 37.5 Å². The van der Waals surface area contributed by atoms with E-state index in [4.69, 9.17) is 4.98 Å². The number of hydrogen-bond acceptors (Lipinski definition) is 4. The summed E-state index contributed by atoms with van der Waals surface area (Å²) in [7, 11) is 0.